The third-order valence-corrected chi connectivity index (χ3v) is 5.36. The van der Waals surface area contributed by atoms with Crippen LogP contribution < -0.4 is 5.32 Å². The van der Waals surface area contributed by atoms with Crippen LogP contribution in [0.5, 0.6) is 0 Å². The lowest BCUT2D eigenvalue weighted by molar-refractivity contribution is -0.113. The highest BCUT2D eigenvalue weighted by molar-refractivity contribution is 7.99. The van der Waals surface area contributed by atoms with Gasteiger partial charge in [0.05, 0.1) is 11.4 Å². The van der Waals surface area contributed by atoms with Crippen LogP contribution in [-0.2, 0) is 4.79 Å². The van der Waals surface area contributed by atoms with Crippen LogP contribution in [0.25, 0.3) is 5.69 Å². The minimum absolute atomic E-state index is 0.101. The van der Waals surface area contributed by atoms with Crippen molar-refractivity contribution in [1.29, 1.82) is 0 Å². The Kier molecular flexibility index (Phi) is 6.47. The molecule has 140 valence electrons. The van der Waals surface area contributed by atoms with Gasteiger partial charge < -0.3 is 5.32 Å². The molecule has 8 heteroatoms. The summed E-state index contributed by atoms with van der Waals surface area (Å²) in [6, 6.07) is 15.1. The number of hydrogen-bond donors (Lipinski definition) is 1. The van der Waals surface area contributed by atoms with Gasteiger partial charge in [0.1, 0.15) is 0 Å². The van der Waals surface area contributed by atoms with E-state index in [-0.39, 0.29) is 11.7 Å². The Morgan fingerprint density at radius 3 is 2.85 bits per heavy atom. The third kappa shape index (κ3) is 4.87. The minimum Gasteiger partial charge on any atom is -0.325 e. The fourth-order valence-corrected chi connectivity index (χ4v) is 3.49. The SMILES string of the molecule is CC[C@@H](C)c1ccccc1NC(=O)CSc1nnnn1-c1cccc(Cl)c1. The van der Waals surface area contributed by atoms with E-state index in [1.54, 1.807) is 16.8 Å². The molecule has 27 heavy (non-hydrogen) atoms. The number of nitrogens with zero attached hydrogens (tertiary/aromatic N) is 4. The van der Waals surface area contributed by atoms with Crippen LogP contribution in [-0.4, -0.2) is 31.9 Å². The van der Waals surface area contributed by atoms with Gasteiger partial charge in [-0.2, -0.15) is 4.68 Å². The molecular weight excluding hydrogens is 382 g/mol. The summed E-state index contributed by atoms with van der Waals surface area (Å²) in [6.07, 6.45) is 1.01. The zero-order chi connectivity index (χ0) is 19.2. The van der Waals surface area contributed by atoms with E-state index >= 15 is 0 Å². The maximum absolute atomic E-state index is 12.4. The standard InChI is InChI=1S/C19H20ClN5OS/c1-3-13(2)16-9-4-5-10-17(16)21-18(26)12-27-19-22-23-24-25(19)15-8-6-7-14(20)11-15/h4-11,13H,3,12H2,1-2H3,(H,21,26)/t13-/m1/s1. The number of carbonyl (C=O) groups excluding carboxylic acids is 1. The molecule has 0 aliphatic rings. The maximum Gasteiger partial charge on any atom is 0.234 e. The van der Waals surface area contributed by atoms with Crippen LogP contribution in [0.15, 0.2) is 53.7 Å². The molecule has 0 aliphatic carbocycles. The lowest BCUT2D eigenvalue weighted by Crippen LogP contribution is -2.16. The molecule has 0 fully saturated rings. The summed E-state index contributed by atoms with van der Waals surface area (Å²) < 4.78 is 1.57. The number of carbonyl (C=O) groups is 1. The molecule has 3 rings (SSSR count). The number of para-hydroxylation sites is 1. The summed E-state index contributed by atoms with van der Waals surface area (Å²) in [4.78, 5) is 12.4. The zero-order valence-electron chi connectivity index (χ0n) is 15.1. The van der Waals surface area contributed by atoms with Crippen LogP contribution >= 0.6 is 23.4 Å². The van der Waals surface area contributed by atoms with Crippen molar-refractivity contribution in [3.63, 3.8) is 0 Å². The van der Waals surface area contributed by atoms with Gasteiger partial charge in [-0.25, -0.2) is 0 Å². The van der Waals surface area contributed by atoms with E-state index < -0.39 is 0 Å². The number of halogens is 1. The van der Waals surface area contributed by atoms with E-state index in [1.165, 1.54) is 11.8 Å². The van der Waals surface area contributed by atoms with Crippen molar-refractivity contribution in [3.05, 3.63) is 59.1 Å². The molecule has 1 amide bonds. The summed E-state index contributed by atoms with van der Waals surface area (Å²) in [5.74, 6) is 0.483. The molecule has 3 aromatic rings. The lowest BCUT2D eigenvalue weighted by atomic mass is 9.97. The van der Waals surface area contributed by atoms with Crippen molar-refractivity contribution >= 4 is 35.0 Å². The molecule has 1 heterocycles. The number of aromatic nitrogens is 4. The first-order valence-electron chi connectivity index (χ1n) is 8.64. The van der Waals surface area contributed by atoms with Gasteiger partial charge in [0.25, 0.3) is 0 Å². The Morgan fingerprint density at radius 1 is 1.26 bits per heavy atom. The van der Waals surface area contributed by atoms with E-state index in [4.69, 9.17) is 11.6 Å². The molecule has 0 unspecified atom stereocenters. The topological polar surface area (TPSA) is 72.7 Å². The number of tetrazole rings is 1. The maximum atomic E-state index is 12.4. The van der Waals surface area contributed by atoms with Gasteiger partial charge in [0, 0.05) is 10.7 Å². The second-order valence-corrected chi connectivity index (χ2v) is 7.47. The predicted molar refractivity (Wildman–Crippen MR) is 109 cm³/mol. The molecule has 0 spiro atoms. The number of rotatable bonds is 7. The first-order valence-corrected chi connectivity index (χ1v) is 10.0. The van der Waals surface area contributed by atoms with Gasteiger partial charge in [0.2, 0.25) is 11.1 Å². The summed E-state index contributed by atoms with van der Waals surface area (Å²) in [7, 11) is 0. The number of anilines is 1. The van der Waals surface area contributed by atoms with Crippen molar-refractivity contribution in [2.45, 2.75) is 31.3 Å². The molecule has 0 bridgehead atoms. The average Bonchev–Trinajstić information content (AvgIpc) is 3.15. The van der Waals surface area contributed by atoms with E-state index in [1.807, 2.05) is 30.3 Å². The molecule has 6 nitrogen and oxygen atoms in total. The Morgan fingerprint density at radius 2 is 2.07 bits per heavy atom. The molecule has 0 aliphatic heterocycles. The lowest BCUT2D eigenvalue weighted by Gasteiger charge is -2.15. The fourth-order valence-electron chi connectivity index (χ4n) is 2.62. The second kappa shape index (κ2) is 9.01. The van der Waals surface area contributed by atoms with Gasteiger partial charge in [-0.3, -0.25) is 4.79 Å². The fraction of sp³-hybridized carbons (Fsp3) is 0.263. The Balaban J connectivity index is 1.67. The van der Waals surface area contributed by atoms with Crippen molar-refractivity contribution in [2.75, 3.05) is 11.1 Å². The molecular formula is C19H20ClN5OS. The summed E-state index contributed by atoms with van der Waals surface area (Å²) >= 11 is 7.30. The van der Waals surface area contributed by atoms with Gasteiger partial charge in [-0.15, -0.1) is 5.10 Å². The van der Waals surface area contributed by atoms with E-state index in [2.05, 4.69) is 40.8 Å². The Hall–Kier alpha value is -2.38. The third-order valence-electron chi connectivity index (χ3n) is 4.20. The van der Waals surface area contributed by atoms with Gasteiger partial charge in [0.15, 0.2) is 0 Å². The van der Waals surface area contributed by atoms with Crippen molar-refractivity contribution in [1.82, 2.24) is 20.2 Å². The van der Waals surface area contributed by atoms with Crippen molar-refractivity contribution < 1.29 is 4.79 Å². The molecule has 0 saturated heterocycles. The van der Waals surface area contributed by atoms with Crippen LogP contribution in [0.2, 0.25) is 5.02 Å². The first-order chi connectivity index (χ1) is 13.1. The second-order valence-electron chi connectivity index (χ2n) is 6.09. The smallest absolute Gasteiger partial charge is 0.234 e. The molecule has 1 N–H and O–H groups in total. The Labute approximate surface area is 167 Å². The van der Waals surface area contributed by atoms with Gasteiger partial charge >= 0.3 is 0 Å². The van der Waals surface area contributed by atoms with E-state index in [0.717, 1.165) is 23.4 Å². The van der Waals surface area contributed by atoms with Crippen LogP contribution in [0.3, 0.4) is 0 Å². The van der Waals surface area contributed by atoms with Gasteiger partial charge in [-0.05, 0) is 52.6 Å². The quantitative estimate of drug-likeness (QED) is 0.587. The van der Waals surface area contributed by atoms with Crippen LogP contribution in [0.1, 0.15) is 31.7 Å². The van der Waals surface area contributed by atoms with Crippen molar-refractivity contribution in [3.8, 4) is 5.69 Å². The molecule has 0 radical (unpaired) electrons. The van der Waals surface area contributed by atoms with Crippen LogP contribution in [0, 0.1) is 0 Å². The first kappa shape index (κ1) is 19.4. The highest BCUT2D eigenvalue weighted by Crippen LogP contribution is 2.27. The Bertz CT molecular complexity index is 930. The molecule has 0 saturated carbocycles. The van der Waals surface area contributed by atoms with Gasteiger partial charge in [-0.1, -0.05) is 61.5 Å². The number of benzene rings is 2. The monoisotopic (exact) mass is 401 g/mol. The predicted octanol–water partition coefficient (Wildman–Crippen LogP) is 4.56. The molecule has 1 atom stereocenters. The molecule has 2 aromatic carbocycles. The average molecular weight is 402 g/mol. The summed E-state index contributed by atoms with van der Waals surface area (Å²) in [5, 5.41) is 15.8. The summed E-state index contributed by atoms with van der Waals surface area (Å²) in [5.41, 5.74) is 2.74. The largest absolute Gasteiger partial charge is 0.325 e. The highest BCUT2D eigenvalue weighted by Gasteiger charge is 2.14. The van der Waals surface area contributed by atoms with Crippen LogP contribution in [0.4, 0.5) is 5.69 Å². The number of nitrogens with one attached hydrogen (secondary N) is 1. The number of thioether (sulfide) groups is 1. The number of amides is 1. The number of hydrogen-bond acceptors (Lipinski definition) is 5. The van der Waals surface area contributed by atoms with E-state index in [0.29, 0.717) is 16.1 Å². The normalized spacial score (nSPS) is 12.0. The van der Waals surface area contributed by atoms with Crippen molar-refractivity contribution in [2.24, 2.45) is 0 Å². The molecule has 1 aromatic heterocycles. The minimum atomic E-state index is -0.101. The summed E-state index contributed by atoms with van der Waals surface area (Å²) in [6.45, 7) is 4.29. The highest BCUT2D eigenvalue weighted by atomic mass is 35.5. The van der Waals surface area contributed by atoms with E-state index in [9.17, 15) is 4.79 Å². The zero-order valence-corrected chi connectivity index (χ0v) is 16.7.